The van der Waals surface area contributed by atoms with Gasteiger partial charge in [0.2, 0.25) is 0 Å². The highest BCUT2D eigenvalue weighted by atomic mass is 19.1. The van der Waals surface area contributed by atoms with Gasteiger partial charge in [-0.3, -0.25) is 15.0 Å². The molecule has 2 amide bonds. The summed E-state index contributed by atoms with van der Waals surface area (Å²) >= 11 is 0. The van der Waals surface area contributed by atoms with E-state index in [1.165, 1.54) is 4.90 Å². The minimum atomic E-state index is -1.14. The van der Waals surface area contributed by atoms with Gasteiger partial charge in [-0.25, -0.2) is 18.4 Å². The second-order valence-corrected chi connectivity index (χ2v) is 7.29. The number of amides is 2. The Bertz CT molecular complexity index is 947. The Labute approximate surface area is 177 Å². The Morgan fingerprint density at radius 2 is 1.81 bits per heavy atom. The van der Waals surface area contributed by atoms with E-state index in [9.17, 15) is 28.5 Å². The van der Waals surface area contributed by atoms with Gasteiger partial charge in [0.15, 0.2) is 0 Å². The van der Waals surface area contributed by atoms with E-state index in [2.05, 4.69) is 15.0 Å². The highest BCUT2D eigenvalue weighted by molar-refractivity contribution is 5.93. The summed E-state index contributed by atoms with van der Waals surface area (Å²) in [6.07, 6.45) is 3.68. The van der Waals surface area contributed by atoms with Crippen LogP contribution in [0.15, 0.2) is 35.6 Å². The van der Waals surface area contributed by atoms with Crippen molar-refractivity contribution in [3.63, 3.8) is 0 Å². The Kier molecular flexibility index (Phi) is 6.64. The number of benzene rings is 1. The standard InChI is InChI=1S/C20H22F2N4O5/c1-12-9-14(26(29)30)3-4-17(12)24-5-7-25(8-6-24)20(28)23-13-10-15(21)18(16(22)11-13)19(27)31-2/h3,9-11,17H,4-8H2,1-2H3,(H,23,28). The number of urea groups is 1. The fraction of sp³-hybridized carbons (Fsp3) is 0.400. The molecule has 1 aromatic rings. The van der Waals surface area contributed by atoms with Crippen molar-refractivity contribution in [3.05, 3.63) is 62.9 Å². The maximum Gasteiger partial charge on any atom is 0.343 e. The molecule has 0 spiro atoms. The highest BCUT2D eigenvalue weighted by Crippen LogP contribution is 2.24. The molecule has 1 atom stereocenters. The smallest absolute Gasteiger partial charge is 0.343 e. The molecule has 1 N–H and O–H groups in total. The zero-order valence-electron chi connectivity index (χ0n) is 17.1. The fourth-order valence-electron chi connectivity index (χ4n) is 3.75. The molecule has 1 saturated heterocycles. The molecule has 2 aliphatic rings. The van der Waals surface area contributed by atoms with Gasteiger partial charge in [0.25, 0.3) is 5.70 Å². The van der Waals surface area contributed by atoms with E-state index in [0.717, 1.165) is 24.8 Å². The van der Waals surface area contributed by atoms with E-state index in [1.54, 1.807) is 12.2 Å². The van der Waals surface area contributed by atoms with Crippen molar-refractivity contribution in [2.75, 3.05) is 38.6 Å². The molecule has 1 unspecified atom stereocenters. The first kappa shape index (κ1) is 22.3. The molecule has 1 heterocycles. The molecule has 1 fully saturated rings. The van der Waals surface area contributed by atoms with E-state index >= 15 is 0 Å². The molecule has 0 radical (unpaired) electrons. The predicted molar refractivity (Wildman–Crippen MR) is 107 cm³/mol. The monoisotopic (exact) mass is 436 g/mol. The Hall–Kier alpha value is -3.34. The molecule has 0 aromatic heterocycles. The molecule has 1 aliphatic carbocycles. The molecular weight excluding hydrogens is 414 g/mol. The number of carbonyl (C=O) groups excluding carboxylic acids is 2. The van der Waals surface area contributed by atoms with Crippen LogP contribution in [0.1, 0.15) is 23.7 Å². The number of hydrogen-bond acceptors (Lipinski definition) is 6. The normalized spacial score (nSPS) is 19.4. The molecule has 0 saturated carbocycles. The summed E-state index contributed by atoms with van der Waals surface area (Å²) in [7, 11) is 1.01. The number of hydrogen-bond donors (Lipinski definition) is 1. The summed E-state index contributed by atoms with van der Waals surface area (Å²) in [5, 5.41) is 13.4. The van der Waals surface area contributed by atoms with Crippen molar-refractivity contribution in [3.8, 4) is 0 Å². The maximum atomic E-state index is 14.0. The van der Waals surface area contributed by atoms with Crippen LogP contribution in [0.3, 0.4) is 0 Å². The van der Waals surface area contributed by atoms with Crippen molar-refractivity contribution in [1.82, 2.24) is 9.80 Å². The van der Waals surface area contributed by atoms with Crippen LogP contribution in [0, 0.1) is 21.7 Å². The minimum Gasteiger partial charge on any atom is -0.465 e. The van der Waals surface area contributed by atoms with E-state index in [1.807, 2.05) is 6.92 Å². The van der Waals surface area contributed by atoms with Gasteiger partial charge in [0.1, 0.15) is 17.2 Å². The zero-order valence-corrected chi connectivity index (χ0v) is 17.1. The van der Waals surface area contributed by atoms with Crippen LogP contribution < -0.4 is 5.32 Å². The number of nitrogens with zero attached hydrogens (tertiary/aromatic N) is 3. The number of methoxy groups -OCH3 is 1. The van der Waals surface area contributed by atoms with Crippen molar-refractivity contribution in [1.29, 1.82) is 0 Å². The average molecular weight is 436 g/mol. The fourth-order valence-corrected chi connectivity index (χ4v) is 3.75. The second kappa shape index (κ2) is 9.21. The van der Waals surface area contributed by atoms with E-state index in [-0.39, 0.29) is 17.4 Å². The first-order valence-corrected chi connectivity index (χ1v) is 9.61. The number of rotatable bonds is 4. The van der Waals surface area contributed by atoms with Gasteiger partial charge in [0, 0.05) is 44.0 Å². The van der Waals surface area contributed by atoms with Gasteiger partial charge in [-0.2, -0.15) is 0 Å². The lowest BCUT2D eigenvalue weighted by Crippen LogP contribution is -2.53. The van der Waals surface area contributed by atoms with Gasteiger partial charge in [-0.05, 0) is 37.1 Å². The number of nitro groups is 1. The van der Waals surface area contributed by atoms with Crippen LogP contribution in [-0.2, 0) is 4.74 Å². The second-order valence-electron chi connectivity index (χ2n) is 7.29. The summed E-state index contributed by atoms with van der Waals surface area (Å²) in [4.78, 5) is 38.1. The topological polar surface area (TPSA) is 105 Å². The van der Waals surface area contributed by atoms with Crippen LogP contribution in [0.4, 0.5) is 19.3 Å². The number of allylic oxidation sites excluding steroid dienone is 1. The van der Waals surface area contributed by atoms with Crippen LogP contribution in [0.5, 0.6) is 0 Å². The number of ether oxygens (including phenoxy) is 1. The minimum absolute atomic E-state index is 0.0305. The molecule has 3 rings (SSSR count). The molecule has 166 valence electrons. The van der Waals surface area contributed by atoms with Crippen LogP contribution >= 0.6 is 0 Å². The van der Waals surface area contributed by atoms with Crippen molar-refractivity contribution in [2.45, 2.75) is 19.4 Å². The lowest BCUT2D eigenvalue weighted by Gasteiger charge is -2.40. The molecule has 0 bridgehead atoms. The predicted octanol–water partition coefficient (Wildman–Crippen LogP) is 2.78. The van der Waals surface area contributed by atoms with Crippen LogP contribution in [0.25, 0.3) is 0 Å². The number of nitrogens with one attached hydrogen (secondary N) is 1. The summed E-state index contributed by atoms with van der Waals surface area (Å²) in [6.45, 7) is 3.71. The third kappa shape index (κ3) is 4.88. The zero-order chi connectivity index (χ0) is 22.7. The molecule has 9 nitrogen and oxygen atoms in total. The Morgan fingerprint density at radius 3 is 2.32 bits per heavy atom. The molecular formula is C20H22F2N4O5. The van der Waals surface area contributed by atoms with Crippen LogP contribution in [0.2, 0.25) is 0 Å². The quantitative estimate of drug-likeness (QED) is 0.442. The van der Waals surface area contributed by atoms with Gasteiger partial charge in [0.05, 0.1) is 12.0 Å². The number of carbonyl (C=O) groups is 2. The van der Waals surface area contributed by atoms with E-state index < -0.39 is 34.1 Å². The molecule has 1 aliphatic heterocycles. The first-order valence-electron chi connectivity index (χ1n) is 9.61. The summed E-state index contributed by atoms with van der Waals surface area (Å²) in [6, 6.07) is 1.23. The maximum absolute atomic E-state index is 14.0. The molecule has 31 heavy (non-hydrogen) atoms. The third-order valence-electron chi connectivity index (χ3n) is 5.39. The Balaban J connectivity index is 1.58. The Morgan fingerprint density at radius 1 is 1.19 bits per heavy atom. The number of piperazine rings is 1. The number of anilines is 1. The van der Waals surface area contributed by atoms with Crippen LogP contribution in [-0.4, -0.2) is 66.1 Å². The average Bonchev–Trinajstić information content (AvgIpc) is 2.73. The van der Waals surface area contributed by atoms with Gasteiger partial charge in [-0.1, -0.05) is 0 Å². The lowest BCUT2D eigenvalue weighted by molar-refractivity contribution is -0.419. The number of halogens is 2. The van der Waals surface area contributed by atoms with Gasteiger partial charge in [-0.15, -0.1) is 0 Å². The summed E-state index contributed by atoms with van der Waals surface area (Å²) in [5.41, 5.74) is 0.0473. The van der Waals surface area contributed by atoms with Crippen molar-refractivity contribution < 1.29 is 28.0 Å². The molecule has 1 aromatic carbocycles. The van der Waals surface area contributed by atoms with E-state index in [0.29, 0.717) is 32.6 Å². The van der Waals surface area contributed by atoms with Gasteiger partial charge >= 0.3 is 12.0 Å². The van der Waals surface area contributed by atoms with Crippen molar-refractivity contribution in [2.24, 2.45) is 0 Å². The van der Waals surface area contributed by atoms with Gasteiger partial charge < -0.3 is 15.0 Å². The first-order chi connectivity index (χ1) is 14.7. The third-order valence-corrected chi connectivity index (χ3v) is 5.39. The van der Waals surface area contributed by atoms with E-state index in [4.69, 9.17) is 0 Å². The number of esters is 1. The summed E-state index contributed by atoms with van der Waals surface area (Å²) < 4.78 is 32.4. The largest absolute Gasteiger partial charge is 0.465 e. The SMILES string of the molecule is COC(=O)c1c(F)cc(NC(=O)N2CCN(C3CC=C([N+](=O)[O-])C=C3C)CC2)cc1F. The molecule has 11 heteroatoms. The van der Waals surface area contributed by atoms with Crippen molar-refractivity contribution >= 4 is 17.7 Å². The highest BCUT2D eigenvalue weighted by Gasteiger charge is 2.30. The lowest BCUT2D eigenvalue weighted by atomic mass is 9.96. The summed E-state index contributed by atoms with van der Waals surface area (Å²) in [5.74, 6) is -3.40.